The number of fused-ring (bicyclic) bond motifs is 1. The van der Waals surface area contributed by atoms with Gasteiger partial charge in [-0.2, -0.15) is 0 Å². The average Bonchev–Trinajstić information content (AvgIpc) is 3.09. The molecular formula is C26H20F2N2O5. The Labute approximate surface area is 199 Å². The molecule has 35 heavy (non-hydrogen) atoms. The quantitative estimate of drug-likeness (QED) is 0.334. The molecule has 3 aromatic carbocycles. The number of aliphatic hydroxyl groups excluding tert-OH is 1. The molecule has 2 heterocycles. The number of hydrogen-bond donors (Lipinski definition) is 2. The number of Topliss-reactive ketones (excluding diaryl/α,β-unsaturated/α-hetero) is 1. The van der Waals surface area contributed by atoms with E-state index in [1.807, 2.05) is 11.9 Å². The summed E-state index contributed by atoms with van der Waals surface area (Å²) in [6.45, 7) is 1.13. The highest BCUT2D eigenvalue weighted by Gasteiger charge is 2.47. The Hall–Kier alpha value is -4.40. The second-order valence-corrected chi connectivity index (χ2v) is 8.31. The number of phenols is 1. The summed E-state index contributed by atoms with van der Waals surface area (Å²) in [5.41, 5.74) is 0.723. The molecule has 1 fully saturated rings. The van der Waals surface area contributed by atoms with Crippen molar-refractivity contribution in [3.63, 3.8) is 0 Å². The Morgan fingerprint density at radius 2 is 1.74 bits per heavy atom. The van der Waals surface area contributed by atoms with Gasteiger partial charge in [-0.25, -0.2) is 8.78 Å². The third-order valence-electron chi connectivity index (χ3n) is 6.15. The molecule has 2 aliphatic rings. The van der Waals surface area contributed by atoms with Gasteiger partial charge in [0, 0.05) is 18.7 Å². The van der Waals surface area contributed by atoms with Crippen LogP contribution in [0.25, 0.3) is 5.76 Å². The Morgan fingerprint density at radius 3 is 2.46 bits per heavy atom. The monoisotopic (exact) mass is 478 g/mol. The van der Waals surface area contributed by atoms with Crippen LogP contribution in [0.15, 0.2) is 66.2 Å². The van der Waals surface area contributed by atoms with Crippen molar-refractivity contribution in [1.82, 2.24) is 0 Å². The van der Waals surface area contributed by atoms with Crippen molar-refractivity contribution in [1.29, 1.82) is 0 Å². The van der Waals surface area contributed by atoms with Gasteiger partial charge in [0.05, 0.1) is 29.5 Å². The average molecular weight is 478 g/mol. The van der Waals surface area contributed by atoms with Crippen molar-refractivity contribution in [2.45, 2.75) is 6.04 Å². The molecule has 0 spiro atoms. The van der Waals surface area contributed by atoms with Gasteiger partial charge in [0.25, 0.3) is 11.7 Å². The molecule has 1 saturated heterocycles. The Balaban J connectivity index is 1.71. The number of aliphatic hydroxyl groups is 1. The molecule has 1 unspecified atom stereocenters. The minimum Gasteiger partial charge on any atom is -0.508 e. The van der Waals surface area contributed by atoms with Crippen LogP contribution in [0.5, 0.6) is 11.5 Å². The number of amides is 1. The number of halogens is 2. The number of ether oxygens (including phenoxy) is 1. The number of likely N-dealkylation sites (N-methyl/N-ethyl adjacent to an activating group) is 1. The third-order valence-corrected chi connectivity index (χ3v) is 6.15. The van der Waals surface area contributed by atoms with E-state index in [2.05, 4.69) is 0 Å². The number of anilines is 2. The number of ketones is 1. The first kappa shape index (κ1) is 22.4. The van der Waals surface area contributed by atoms with Crippen LogP contribution in [-0.2, 0) is 9.59 Å². The molecule has 0 radical (unpaired) electrons. The number of aromatic hydroxyl groups is 1. The number of carbonyl (C=O) groups is 2. The van der Waals surface area contributed by atoms with Crippen molar-refractivity contribution in [3.05, 3.63) is 89.0 Å². The zero-order valence-electron chi connectivity index (χ0n) is 18.5. The standard InChI is InChI=1S/C26H20F2N2O5/c1-29-10-11-35-21-9-4-15(12-20(21)29)24(32)22-23(14-2-6-17(31)7-3-14)30(26(34)25(22)33)19-8-5-16(27)13-18(19)28/h2-9,12-13,23,31-32H,10-11H2,1H3/b24-22-. The number of hydrogen-bond acceptors (Lipinski definition) is 6. The van der Waals surface area contributed by atoms with Gasteiger partial charge in [-0.05, 0) is 48.0 Å². The summed E-state index contributed by atoms with van der Waals surface area (Å²) < 4.78 is 33.9. The first-order valence-electron chi connectivity index (χ1n) is 10.8. The Morgan fingerprint density at radius 1 is 1.00 bits per heavy atom. The summed E-state index contributed by atoms with van der Waals surface area (Å²) in [5.74, 6) is -3.88. The molecule has 3 aromatic rings. The maximum Gasteiger partial charge on any atom is 0.300 e. The number of phenolic OH excluding ortho intramolecular Hbond substituents is 1. The van der Waals surface area contributed by atoms with Gasteiger partial charge in [0.2, 0.25) is 0 Å². The number of carbonyl (C=O) groups excluding carboxylic acids is 2. The predicted octanol–water partition coefficient (Wildman–Crippen LogP) is 4.13. The van der Waals surface area contributed by atoms with Crippen molar-refractivity contribution < 1.29 is 33.3 Å². The van der Waals surface area contributed by atoms with E-state index in [1.165, 1.54) is 24.3 Å². The maximum atomic E-state index is 14.8. The van der Waals surface area contributed by atoms with E-state index in [9.17, 15) is 28.6 Å². The van der Waals surface area contributed by atoms with Crippen LogP contribution >= 0.6 is 0 Å². The van der Waals surface area contributed by atoms with E-state index in [4.69, 9.17) is 4.74 Å². The van der Waals surface area contributed by atoms with Gasteiger partial charge in [-0.3, -0.25) is 14.5 Å². The Bertz CT molecular complexity index is 1390. The highest BCUT2D eigenvalue weighted by molar-refractivity contribution is 6.51. The summed E-state index contributed by atoms with van der Waals surface area (Å²) in [4.78, 5) is 29.1. The van der Waals surface area contributed by atoms with E-state index in [1.54, 1.807) is 18.2 Å². The van der Waals surface area contributed by atoms with Crippen LogP contribution in [0, 0.1) is 11.6 Å². The summed E-state index contributed by atoms with van der Waals surface area (Å²) >= 11 is 0. The highest BCUT2D eigenvalue weighted by atomic mass is 19.1. The largest absolute Gasteiger partial charge is 0.508 e. The van der Waals surface area contributed by atoms with E-state index in [0.717, 1.165) is 17.0 Å². The number of rotatable bonds is 3. The first-order valence-corrected chi connectivity index (χ1v) is 10.8. The molecular weight excluding hydrogens is 458 g/mol. The van der Waals surface area contributed by atoms with Crippen molar-refractivity contribution in [2.24, 2.45) is 0 Å². The molecule has 0 aromatic heterocycles. The topological polar surface area (TPSA) is 90.3 Å². The van der Waals surface area contributed by atoms with Crippen LogP contribution in [0.4, 0.5) is 20.2 Å². The summed E-state index contributed by atoms with van der Waals surface area (Å²) in [7, 11) is 1.86. The van der Waals surface area contributed by atoms with E-state index < -0.39 is 35.1 Å². The SMILES string of the molecule is CN1CCOc2ccc(/C(O)=C3/C(=O)C(=O)N(c4ccc(F)cc4F)C3c3ccc(O)cc3)cc21. The lowest BCUT2D eigenvalue weighted by Gasteiger charge is -2.28. The van der Waals surface area contributed by atoms with E-state index in [0.29, 0.717) is 36.2 Å². The van der Waals surface area contributed by atoms with Crippen LogP contribution in [-0.4, -0.2) is 42.1 Å². The number of benzene rings is 3. The smallest absolute Gasteiger partial charge is 0.300 e. The fourth-order valence-corrected chi connectivity index (χ4v) is 4.38. The fourth-order valence-electron chi connectivity index (χ4n) is 4.38. The molecule has 2 N–H and O–H groups in total. The fraction of sp³-hybridized carbons (Fsp3) is 0.154. The molecule has 9 heteroatoms. The zero-order chi connectivity index (χ0) is 24.9. The molecule has 1 atom stereocenters. The molecule has 7 nitrogen and oxygen atoms in total. The first-order chi connectivity index (χ1) is 16.8. The van der Waals surface area contributed by atoms with Gasteiger partial charge in [-0.1, -0.05) is 12.1 Å². The predicted molar refractivity (Wildman–Crippen MR) is 124 cm³/mol. The second-order valence-electron chi connectivity index (χ2n) is 8.31. The van der Waals surface area contributed by atoms with Gasteiger partial charge < -0.3 is 19.8 Å². The molecule has 178 valence electrons. The summed E-state index contributed by atoms with van der Waals surface area (Å²) in [5, 5.41) is 21.0. The van der Waals surface area contributed by atoms with Crippen molar-refractivity contribution in [3.8, 4) is 11.5 Å². The minimum atomic E-state index is -1.22. The Kier molecular flexibility index (Phi) is 5.39. The van der Waals surface area contributed by atoms with E-state index in [-0.39, 0.29) is 22.6 Å². The van der Waals surface area contributed by atoms with Crippen LogP contribution in [0.3, 0.4) is 0 Å². The van der Waals surface area contributed by atoms with Crippen LogP contribution in [0.2, 0.25) is 0 Å². The molecule has 5 rings (SSSR count). The lowest BCUT2D eigenvalue weighted by molar-refractivity contribution is -0.132. The van der Waals surface area contributed by atoms with Gasteiger partial charge in [-0.15, -0.1) is 0 Å². The van der Waals surface area contributed by atoms with Gasteiger partial charge in [0.1, 0.15) is 35.5 Å². The van der Waals surface area contributed by atoms with Crippen molar-refractivity contribution in [2.75, 3.05) is 30.0 Å². The van der Waals surface area contributed by atoms with E-state index >= 15 is 0 Å². The normalized spacial score (nSPS) is 19.0. The lowest BCUT2D eigenvalue weighted by atomic mass is 9.94. The van der Waals surface area contributed by atoms with Crippen LogP contribution in [0.1, 0.15) is 17.2 Å². The highest BCUT2D eigenvalue weighted by Crippen LogP contribution is 2.44. The minimum absolute atomic E-state index is 0.0589. The third kappa shape index (κ3) is 3.74. The molecule has 1 amide bonds. The molecule has 0 bridgehead atoms. The second kappa shape index (κ2) is 8.43. The molecule has 0 saturated carbocycles. The molecule has 2 aliphatic heterocycles. The molecule has 0 aliphatic carbocycles. The summed E-state index contributed by atoms with van der Waals surface area (Å²) in [6, 6.07) is 11.9. The zero-order valence-corrected chi connectivity index (χ0v) is 18.5. The van der Waals surface area contributed by atoms with Gasteiger partial charge >= 0.3 is 0 Å². The van der Waals surface area contributed by atoms with Gasteiger partial charge in [0.15, 0.2) is 0 Å². The maximum absolute atomic E-state index is 14.8. The van der Waals surface area contributed by atoms with Crippen molar-refractivity contribution >= 4 is 28.8 Å². The lowest BCUT2D eigenvalue weighted by Crippen LogP contribution is -2.30. The van der Waals surface area contributed by atoms with Crippen LogP contribution < -0.4 is 14.5 Å². The number of nitrogens with zero attached hydrogens (tertiary/aromatic N) is 2. The summed E-state index contributed by atoms with van der Waals surface area (Å²) in [6.07, 6.45) is 0.